The van der Waals surface area contributed by atoms with Crippen LogP contribution in [0.3, 0.4) is 0 Å². The number of aromatic nitrogens is 2. The fraction of sp³-hybridized carbons (Fsp3) is 0.154. The SMILES string of the molecule is CC(C)c1nc2ccc(Br)cc2c(=O)n1N=Cc1ccc(OCc2ccccc2C#N)c(Br)c1. The van der Waals surface area contributed by atoms with Crippen molar-refractivity contribution < 1.29 is 4.74 Å². The Balaban J connectivity index is 1.61. The van der Waals surface area contributed by atoms with Gasteiger partial charge in [0.1, 0.15) is 18.2 Å². The van der Waals surface area contributed by atoms with Gasteiger partial charge in [0, 0.05) is 16.0 Å². The summed E-state index contributed by atoms with van der Waals surface area (Å²) in [6, 6.07) is 20.5. The Morgan fingerprint density at radius 3 is 2.68 bits per heavy atom. The fourth-order valence-corrected chi connectivity index (χ4v) is 4.27. The zero-order valence-electron chi connectivity index (χ0n) is 18.5. The normalized spacial score (nSPS) is 11.3. The smallest absolute Gasteiger partial charge is 0.282 e. The van der Waals surface area contributed by atoms with Gasteiger partial charge in [0.2, 0.25) is 0 Å². The van der Waals surface area contributed by atoms with E-state index in [-0.39, 0.29) is 18.1 Å². The highest BCUT2D eigenvalue weighted by atomic mass is 79.9. The molecule has 0 atom stereocenters. The zero-order chi connectivity index (χ0) is 24.2. The molecule has 0 spiro atoms. The summed E-state index contributed by atoms with van der Waals surface area (Å²) in [5.41, 5.74) is 2.61. The maximum Gasteiger partial charge on any atom is 0.282 e. The van der Waals surface area contributed by atoms with Crippen molar-refractivity contribution in [2.45, 2.75) is 26.4 Å². The molecule has 34 heavy (non-hydrogen) atoms. The Morgan fingerprint density at radius 2 is 1.94 bits per heavy atom. The van der Waals surface area contributed by atoms with E-state index < -0.39 is 0 Å². The summed E-state index contributed by atoms with van der Waals surface area (Å²) in [7, 11) is 0. The molecule has 1 aromatic heterocycles. The van der Waals surface area contributed by atoms with Crippen molar-refractivity contribution in [3.63, 3.8) is 0 Å². The summed E-state index contributed by atoms with van der Waals surface area (Å²) >= 11 is 6.95. The molecule has 0 radical (unpaired) electrons. The summed E-state index contributed by atoms with van der Waals surface area (Å²) in [4.78, 5) is 17.8. The molecule has 8 heteroatoms. The number of hydrogen-bond acceptors (Lipinski definition) is 5. The van der Waals surface area contributed by atoms with Gasteiger partial charge in [-0.05, 0) is 64.0 Å². The standard InChI is InChI=1S/C26H20Br2N4O2/c1-16(2)25-31-23-9-8-20(27)12-21(23)26(33)32(25)30-14-17-7-10-24(22(28)11-17)34-15-19-6-4-3-5-18(19)13-29/h3-12,14,16H,15H2,1-2H3. The van der Waals surface area contributed by atoms with E-state index in [2.05, 4.69) is 48.0 Å². The Bertz CT molecular complexity index is 1500. The van der Waals surface area contributed by atoms with E-state index in [1.807, 2.05) is 62.4 Å². The van der Waals surface area contributed by atoms with Crippen molar-refractivity contribution in [2.24, 2.45) is 5.10 Å². The van der Waals surface area contributed by atoms with Gasteiger partial charge in [-0.3, -0.25) is 4.79 Å². The molecular weight excluding hydrogens is 560 g/mol. The lowest BCUT2D eigenvalue weighted by Crippen LogP contribution is -2.23. The van der Waals surface area contributed by atoms with Crippen molar-refractivity contribution in [1.29, 1.82) is 5.26 Å². The van der Waals surface area contributed by atoms with Crippen LogP contribution >= 0.6 is 31.9 Å². The number of nitriles is 1. The molecular formula is C26H20Br2N4O2. The largest absolute Gasteiger partial charge is 0.488 e. The minimum absolute atomic E-state index is 0.0108. The summed E-state index contributed by atoms with van der Waals surface area (Å²) in [5, 5.41) is 14.2. The Morgan fingerprint density at radius 1 is 1.15 bits per heavy atom. The van der Waals surface area contributed by atoms with Crippen LogP contribution in [0.15, 0.2) is 79.5 Å². The van der Waals surface area contributed by atoms with Crippen molar-refractivity contribution in [3.8, 4) is 11.8 Å². The number of benzene rings is 3. The maximum atomic E-state index is 13.2. The highest BCUT2D eigenvalue weighted by molar-refractivity contribution is 9.10. The third-order valence-corrected chi connectivity index (χ3v) is 6.26. The minimum Gasteiger partial charge on any atom is -0.488 e. The third kappa shape index (κ3) is 5.11. The molecule has 4 rings (SSSR count). The van der Waals surface area contributed by atoms with E-state index in [1.54, 1.807) is 18.3 Å². The number of hydrogen-bond donors (Lipinski definition) is 0. The Kier molecular flexibility index (Phi) is 7.25. The average molecular weight is 580 g/mol. The number of rotatable bonds is 6. The molecule has 3 aromatic carbocycles. The van der Waals surface area contributed by atoms with Gasteiger partial charge in [-0.2, -0.15) is 15.0 Å². The second-order valence-corrected chi connectivity index (χ2v) is 9.67. The van der Waals surface area contributed by atoms with Gasteiger partial charge in [-0.25, -0.2) is 4.98 Å². The molecule has 0 saturated carbocycles. The predicted molar refractivity (Wildman–Crippen MR) is 140 cm³/mol. The summed E-state index contributed by atoms with van der Waals surface area (Å²) in [5.74, 6) is 1.24. The van der Waals surface area contributed by atoms with E-state index in [0.717, 1.165) is 20.1 Å². The van der Waals surface area contributed by atoms with Crippen LogP contribution in [-0.4, -0.2) is 15.9 Å². The molecule has 1 heterocycles. The number of ether oxygens (including phenoxy) is 1. The molecule has 0 unspecified atom stereocenters. The van der Waals surface area contributed by atoms with E-state index >= 15 is 0 Å². The van der Waals surface area contributed by atoms with Gasteiger partial charge in [-0.15, -0.1) is 0 Å². The lowest BCUT2D eigenvalue weighted by atomic mass is 10.1. The fourth-order valence-electron chi connectivity index (χ4n) is 3.40. The monoisotopic (exact) mass is 578 g/mol. The van der Waals surface area contributed by atoms with Crippen molar-refractivity contribution >= 4 is 49.0 Å². The van der Waals surface area contributed by atoms with Crippen LogP contribution in [0.1, 0.15) is 42.3 Å². The van der Waals surface area contributed by atoms with Gasteiger partial charge in [0.05, 0.1) is 33.2 Å². The van der Waals surface area contributed by atoms with E-state index in [9.17, 15) is 10.1 Å². The first-order valence-electron chi connectivity index (χ1n) is 10.5. The summed E-state index contributed by atoms with van der Waals surface area (Å²) in [6.07, 6.45) is 1.62. The highest BCUT2D eigenvalue weighted by Crippen LogP contribution is 2.27. The molecule has 0 aliphatic rings. The molecule has 0 aliphatic heterocycles. The molecule has 0 N–H and O–H groups in total. The summed E-state index contributed by atoms with van der Waals surface area (Å²) < 4.78 is 8.81. The molecule has 0 bridgehead atoms. The molecule has 170 valence electrons. The lowest BCUT2D eigenvalue weighted by Gasteiger charge is -2.12. The molecule has 0 fully saturated rings. The number of nitrogens with zero attached hydrogens (tertiary/aromatic N) is 4. The maximum absolute atomic E-state index is 13.2. The molecule has 0 saturated heterocycles. The van der Waals surface area contributed by atoms with Gasteiger partial charge in [0.15, 0.2) is 0 Å². The van der Waals surface area contributed by atoms with Gasteiger partial charge < -0.3 is 4.74 Å². The van der Waals surface area contributed by atoms with Crippen LogP contribution in [0.2, 0.25) is 0 Å². The average Bonchev–Trinajstić information content (AvgIpc) is 2.83. The van der Waals surface area contributed by atoms with Crippen LogP contribution in [0.4, 0.5) is 0 Å². The van der Waals surface area contributed by atoms with E-state index in [0.29, 0.717) is 28.0 Å². The third-order valence-electron chi connectivity index (χ3n) is 5.15. The lowest BCUT2D eigenvalue weighted by molar-refractivity contribution is 0.304. The van der Waals surface area contributed by atoms with Crippen LogP contribution in [-0.2, 0) is 6.61 Å². The first kappa shape index (κ1) is 23.9. The summed E-state index contributed by atoms with van der Waals surface area (Å²) in [6.45, 7) is 4.23. The van der Waals surface area contributed by atoms with Crippen molar-refractivity contribution in [1.82, 2.24) is 9.66 Å². The Labute approximate surface area is 213 Å². The molecule has 4 aromatic rings. The van der Waals surface area contributed by atoms with Crippen LogP contribution in [0, 0.1) is 11.3 Å². The topological polar surface area (TPSA) is 80.3 Å². The minimum atomic E-state index is -0.221. The zero-order valence-corrected chi connectivity index (χ0v) is 21.7. The van der Waals surface area contributed by atoms with Crippen molar-refractivity contribution in [2.75, 3.05) is 0 Å². The van der Waals surface area contributed by atoms with Gasteiger partial charge in [-0.1, -0.05) is 48.0 Å². The first-order valence-corrected chi connectivity index (χ1v) is 12.1. The molecule has 0 amide bonds. The second-order valence-electron chi connectivity index (χ2n) is 7.90. The number of fused-ring (bicyclic) bond motifs is 1. The highest BCUT2D eigenvalue weighted by Gasteiger charge is 2.14. The molecule has 0 aliphatic carbocycles. The van der Waals surface area contributed by atoms with Gasteiger partial charge in [0.25, 0.3) is 5.56 Å². The quantitative estimate of drug-likeness (QED) is 0.248. The predicted octanol–water partition coefficient (Wildman–Crippen LogP) is 6.38. The van der Waals surface area contributed by atoms with Crippen LogP contribution in [0.5, 0.6) is 5.75 Å². The molecule has 6 nitrogen and oxygen atoms in total. The van der Waals surface area contributed by atoms with E-state index in [1.165, 1.54) is 4.68 Å². The van der Waals surface area contributed by atoms with E-state index in [4.69, 9.17) is 4.74 Å². The second kappa shape index (κ2) is 10.3. The van der Waals surface area contributed by atoms with Crippen LogP contribution < -0.4 is 10.3 Å². The van der Waals surface area contributed by atoms with Gasteiger partial charge >= 0.3 is 0 Å². The first-order chi connectivity index (χ1) is 16.4. The number of halogens is 2. The van der Waals surface area contributed by atoms with Crippen LogP contribution in [0.25, 0.3) is 10.9 Å². The van der Waals surface area contributed by atoms with Crippen molar-refractivity contribution in [3.05, 3.63) is 102 Å². The Hall–Kier alpha value is -3.28.